The number of benzene rings is 1. The van der Waals surface area contributed by atoms with Crippen LogP contribution in [0.3, 0.4) is 0 Å². The molecular weight excluding hydrogens is 190 g/mol. The first kappa shape index (κ1) is 9.21. The van der Waals surface area contributed by atoms with Gasteiger partial charge in [-0.25, -0.2) is 4.68 Å². The molecule has 2 rings (SSSR count). The Kier molecular flexibility index (Phi) is 2.61. The van der Waals surface area contributed by atoms with Crippen LogP contribution in [0.15, 0.2) is 36.5 Å². The summed E-state index contributed by atoms with van der Waals surface area (Å²) in [5, 5.41) is 19.2. The van der Waals surface area contributed by atoms with E-state index in [-0.39, 0.29) is 0 Å². The summed E-state index contributed by atoms with van der Waals surface area (Å²) in [6, 6.07) is 9.61. The Morgan fingerprint density at radius 3 is 3.20 bits per heavy atom. The molecule has 1 aromatic heterocycles. The molecule has 0 unspecified atom stereocenters. The predicted octanol–water partition coefficient (Wildman–Crippen LogP) is 1.02. The summed E-state index contributed by atoms with van der Waals surface area (Å²) in [7, 11) is 0. The van der Waals surface area contributed by atoms with Crippen LogP contribution in [0.4, 0.5) is 0 Å². The van der Waals surface area contributed by atoms with Crippen LogP contribution in [-0.4, -0.2) is 15.0 Å². The average Bonchev–Trinajstić information content (AvgIpc) is 2.68. The van der Waals surface area contributed by atoms with Crippen LogP contribution in [0.1, 0.15) is 0 Å². The molecule has 0 bridgehead atoms. The fourth-order valence-corrected chi connectivity index (χ4v) is 1.27. The van der Waals surface area contributed by atoms with Crippen molar-refractivity contribution in [1.29, 1.82) is 5.26 Å². The molecule has 0 saturated heterocycles. The lowest BCUT2D eigenvalue weighted by Gasteiger charge is -2.00. The highest BCUT2D eigenvalue weighted by atomic mass is 15.4. The van der Waals surface area contributed by atoms with Gasteiger partial charge in [-0.2, -0.15) is 5.26 Å². The molecule has 5 heteroatoms. The lowest BCUT2D eigenvalue weighted by molar-refractivity contribution is 0.569. The lowest BCUT2D eigenvalue weighted by atomic mass is 10.3. The van der Waals surface area contributed by atoms with Gasteiger partial charge in [0.05, 0.1) is 11.6 Å². The third kappa shape index (κ3) is 1.94. The van der Waals surface area contributed by atoms with Crippen molar-refractivity contribution in [3.05, 3.63) is 36.5 Å². The number of aromatic nitrogens is 3. The van der Waals surface area contributed by atoms with E-state index in [1.165, 1.54) is 6.08 Å². The van der Waals surface area contributed by atoms with E-state index in [4.69, 9.17) is 5.26 Å². The summed E-state index contributed by atoms with van der Waals surface area (Å²) in [5.74, 6) is 0. The Bertz CT molecular complexity index is 520. The molecule has 1 heterocycles. The Morgan fingerprint density at radius 1 is 1.47 bits per heavy atom. The largest absolute Gasteiger partial charge is 0.372 e. The Morgan fingerprint density at radius 2 is 2.33 bits per heavy atom. The van der Waals surface area contributed by atoms with Crippen molar-refractivity contribution in [3.63, 3.8) is 0 Å². The highest BCUT2D eigenvalue weighted by molar-refractivity contribution is 5.73. The van der Waals surface area contributed by atoms with Gasteiger partial charge >= 0.3 is 0 Å². The first-order chi connectivity index (χ1) is 7.42. The molecule has 74 valence electrons. The number of nitriles is 1. The van der Waals surface area contributed by atoms with Crippen LogP contribution in [0.25, 0.3) is 11.0 Å². The van der Waals surface area contributed by atoms with Gasteiger partial charge in [0.25, 0.3) is 0 Å². The van der Waals surface area contributed by atoms with Gasteiger partial charge in [0.2, 0.25) is 0 Å². The molecule has 1 N–H and O–H groups in total. The summed E-state index contributed by atoms with van der Waals surface area (Å²) >= 11 is 0. The van der Waals surface area contributed by atoms with Gasteiger partial charge < -0.3 is 5.32 Å². The number of rotatable bonds is 3. The van der Waals surface area contributed by atoms with Crippen molar-refractivity contribution in [2.45, 2.75) is 6.67 Å². The van der Waals surface area contributed by atoms with Crippen LogP contribution in [-0.2, 0) is 6.67 Å². The fraction of sp³-hybridized carbons (Fsp3) is 0.100. The zero-order chi connectivity index (χ0) is 10.5. The second-order valence-electron chi connectivity index (χ2n) is 2.90. The highest BCUT2D eigenvalue weighted by Gasteiger charge is 2.00. The van der Waals surface area contributed by atoms with E-state index >= 15 is 0 Å². The highest BCUT2D eigenvalue weighted by Crippen LogP contribution is 2.08. The predicted molar refractivity (Wildman–Crippen MR) is 55.4 cm³/mol. The van der Waals surface area contributed by atoms with Crippen LogP contribution in [0.5, 0.6) is 0 Å². The van der Waals surface area contributed by atoms with Crippen molar-refractivity contribution < 1.29 is 0 Å². The molecule has 0 amide bonds. The number of fused-ring (bicyclic) bond motifs is 1. The molecule has 0 atom stereocenters. The zero-order valence-electron chi connectivity index (χ0n) is 7.96. The molecule has 0 aliphatic carbocycles. The van der Waals surface area contributed by atoms with Crippen LogP contribution >= 0.6 is 0 Å². The Labute approximate surface area is 86.6 Å². The first-order valence-corrected chi connectivity index (χ1v) is 4.48. The van der Waals surface area contributed by atoms with E-state index in [0.717, 1.165) is 11.0 Å². The van der Waals surface area contributed by atoms with Crippen molar-refractivity contribution in [2.24, 2.45) is 0 Å². The lowest BCUT2D eigenvalue weighted by Crippen LogP contribution is -2.13. The summed E-state index contributed by atoms with van der Waals surface area (Å²) in [6.45, 7) is 0.499. The van der Waals surface area contributed by atoms with Crippen LogP contribution < -0.4 is 5.32 Å². The Hall–Kier alpha value is -2.35. The van der Waals surface area contributed by atoms with Gasteiger partial charge in [0.1, 0.15) is 12.2 Å². The van der Waals surface area contributed by atoms with Crippen molar-refractivity contribution >= 4 is 11.0 Å². The van der Waals surface area contributed by atoms with Gasteiger partial charge in [-0.05, 0) is 12.1 Å². The maximum atomic E-state index is 8.28. The summed E-state index contributed by atoms with van der Waals surface area (Å²) < 4.78 is 1.73. The van der Waals surface area contributed by atoms with Crippen LogP contribution in [0.2, 0.25) is 0 Å². The van der Waals surface area contributed by atoms with Gasteiger partial charge in [0, 0.05) is 12.3 Å². The Balaban J connectivity index is 2.15. The number of hydrogen-bond acceptors (Lipinski definition) is 4. The maximum Gasteiger partial charge on any atom is 0.113 e. The van der Waals surface area contributed by atoms with E-state index in [0.29, 0.717) is 6.67 Å². The standard InChI is InChI=1S/C10H9N5/c11-6-3-7-12-8-15-10-5-2-1-4-9(10)13-14-15/h1-5,7,12H,8H2/b7-3-. The minimum absolute atomic E-state index is 0.499. The van der Waals surface area contributed by atoms with Gasteiger partial charge in [-0.1, -0.05) is 17.3 Å². The first-order valence-electron chi connectivity index (χ1n) is 4.48. The number of hydrogen-bond donors (Lipinski definition) is 1. The average molecular weight is 199 g/mol. The molecule has 0 spiro atoms. The molecule has 0 radical (unpaired) electrons. The molecule has 0 aliphatic rings. The monoisotopic (exact) mass is 199 g/mol. The van der Waals surface area contributed by atoms with Gasteiger partial charge in [0.15, 0.2) is 0 Å². The van der Waals surface area contributed by atoms with E-state index < -0.39 is 0 Å². The topological polar surface area (TPSA) is 66.5 Å². The van der Waals surface area contributed by atoms with Crippen molar-refractivity contribution in [1.82, 2.24) is 20.3 Å². The van der Waals surface area contributed by atoms with E-state index in [1.54, 1.807) is 10.9 Å². The second-order valence-corrected chi connectivity index (χ2v) is 2.90. The molecular formula is C10H9N5. The van der Waals surface area contributed by atoms with Crippen LogP contribution in [0, 0.1) is 11.3 Å². The molecule has 2 aromatic rings. The van der Waals surface area contributed by atoms with Crippen molar-refractivity contribution in [3.8, 4) is 6.07 Å². The van der Waals surface area contributed by atoms with Crippen molar-refractivity contribution in [2.75, 3.05) is 0 Å². The minimum atomic E-state index is 0.499. The quantitative estimate of drug-likeness (QED) is 0.749. The molecule has 0 aliphatic heterocycles. The SMILES string of the molecule is N#C/C=C\NCn1nnc2ccccc21. The maximum absolute atomic E-state index is 8.28. The molecule has 0 saturated carbocycles. The van der Waals surface area contributed by atoms with Gasteiger partial charge in [-0.15, -0.1) is 5.10 Å². The number of nitrogens with one attached hydrogen (secondary N) is 1. The normalized spacial score (nSPS) is 10.6. The molecule has 5 nitrogen and oxygen atoms in total. The van der Waals surface area contributed by atoms with E-state index in [1.807, 2.05) is 30.3 Å². The van der Waals surface area contributed by atoms with E-state index in [2.05, 4.69) is 15.6 Å². The van der Waals surface area contributed by atoms with E-state index in [9.17, 15) is 0 Å². The second kappa shape index (κ2) is 4.24. The molecule has 1 aromatic carbocycles. The summed E-state index contributed by atoms with van der Waals surface area (Å²) in [6.07, 6.45) is 2.95. The molecule has 15 heavy (non-hydrogen) atoms. The molecule has 0 fully saturated rings. The number of para-hydroxylation sites is 1. The summed E-state index contributed by atoms with van der Waals surface area (Å²) in [5.41, 5.74) is 1.83. The van der Waals surface area contributed by atoms with Gasteiger partial charge in [-0.3, -0.25) is 0 Å². The minimum Gasteiger partial charge on any atom is -0.372 e. The third-order valence-corrected chi connectivity index (χ3v) is 1.94. The smallest absolute Gasteiger partial charge is 0.113 e. The fourth-order valence-electron chi connectivity index (χ4n) is 1.27. The number of allylic oxidation sites excluding steroid dienone is 1. The zero-order valence-corrected chi connectivity index (χ0v) is 7.96. The number of nitrogens with zero attached hydrogens (tertiary/aromatic N) is 4. The summed E-state index contributed by atoms with van der Waals surface area (Å²) in [4.78, 5) is 0. The third-order valence-electron chi connectivity index (χ3n) is 1.94.